The minimum absolute atomic E-state index is 0.761. The second-order valence-corrected chi connectivity index (χ2v) is 4.12. The molecule has 0 aliphatic rings. The van der Waals surface area contributed by atoms with Crippen LogP contribution in [0.5, 0.6) is 0 Å². The molecule has 14 heavy (non-hydrogen) atoms. The molecule has 1 aromatic heterocycles. The minimum Gasteiger partial charge on any atom is -0.245 e. The van der Waals surface area contributed by atoms with Crippen molar-refractivity contribution in [2.75, 3.05) is 0 Å². The van der Waals surface area contributed by atoms with Crippen molar-refractivity contribution >= 4 is 35.1 Å². The fourth-order valence-corrected chi connectivity index (χ4v) is 1.71. The van der Waals surface area contributed by atoms with Crippen LogP contribution in [0.2, 0.25) is 5.02 Å². The van der Waals surface area contributed by atoms with E-state index < -0.39 is 0 Å². The van der Waals surface area contributed by atoms with Gasteiger partial charge in [0.1, 0.15) is 5.01 Å². The first-order valence-corrected chi connectivity index (χ1v) is 5.43. The van der Waals surface area contributed by atoms with Crippen LogP contribution in [0.15, 0.2) is 35.8 Å². The average molecular weight is 222 g/mol. The first kappa shape index (κ1) is 9.44. The van der Waals surface area contributed by atoms with Gasteiger partial charge in [0.15, 0.2) is 0 Å². The van der Waals surface area contributed by atoms with Gasteiger partial charge in [-0.15, -0.1) is 11.3 Å². The lowest BCUT2D eigenvalue weighted by molar-refractivity contribution is 1.40. The molecule has 3 heteroatoms. The lowest BCUT2D eigenvalue weighted by atomic mass is 10.2. The summed E-state index contributed by atoms with van der Waals surface area (Å²) in [5, 5.41) is 3.73. The Kier molecular flexibility index (Phi) is 2.96. The summed E-state index contributed by atoms with van der Waals surface area (Å²) in [6.07, 6.45) is 5.81. The van der Waals surface area contributed by atoms with Gasteiger partial charge in [0, 0.05) is 16.6 Å². The molecule has 0 saturated carbocycles. The van der Waals surface area contributed by atoms with Gasteiger partial charge >= 0.3 is 0 Å². The summed E-state index contributed by atoms with van der Waals surface area (Å²) in [6.45, 7) is 0. The van der Waals surface area contributed by atoms with E-state index in [4.69, 9.17) is 11.6 Å². The van der Waals surface area contributed by atoms with Crippen LogP contribution in [-0.4, -0.2) is 4.98 Å². The van der Waals surface area contributed by atoms with E-state index in [0.29, 0.717) is 0 Å². The van der Waals surface area contributed by atoms with Crippen LogP contribution in [0.25, 0.3) is 12.2 Å². The fourth-order valence-electron chi connectivity index (χ4n) is 1.06. The molecule has 0 saturated heterocycles. The van der Waals surface area contributed by atoms with Crippen molar-refractivity contribution < 1.29 is 0 Å². The minimum atomic E-state index is 0.761. The van der Waals surface area contributed by atoms with Crippen LogP contribution in [0.1, 0.15) is 10.6 Å². The van der Waals surface area contributed by atoms with Crippen molar-refractivity contribution in [1.82, 2.24) is 4.98 Å². The molecule has 0 atom stereocenters. The molecule has 2 rings (SSSR count). The van der Waals surface area contributed by atoms with E-state index in [1.54, 1.807) is 17.5 Å². The van der Waals surface area contributed by atoms with E-state index >= 15 is 0 Å². The topological polar surface area (TPSA) is 12.9 Å². The van der Waals surface area contributed by atoms with Crippen molar-refractivity contribution in [2.24, 2.45) is 0 Å². The Morgan fingerprint density at radius 3 is 2.57 bits per heavy atom. The molecule has 0 unspecified atom stereocenters. The molecule has 0 amide bonds. The zero-order chi connectivity index (χ0) is 9.80. The Balaban J connectivity index is 2.15. The summed E-state index contributed by atoms with van der Waals surface area (Å²) in [5.74, 6) is 0. The first-order chi connectivity index (χ1) is 6.84. The van der Waals surface area contributed by atoms with E-state index in [0.717, 1.165) is 15.6 Å². The second kappa shape index (κ2) is 4.40. The van der Waals surface area contributed by atoms with E-state index in [-0.39, 0.29) is 0 Å². The molecular formula is C11H8ClNS. The number of thiazole rings is 1. The number of hydrogen-bond acceptors (Lipinski definition) is 2. The average Bonchev–Trinajstić information content (AvgIpc) is 2.70. The Bertz CT molecular complexity index is 417. The van der Waals surface area contributed by atoms with Crippen molar-refractivity contribution in [1.29, 1.82) is 0 Å². The van der Waals surface area contributed by atoms with Crippen molar-refractivity contribution in [3.63, 3.8) is 0 Å². The Hall–Kier alpha value is -1.12. The largest absolute Gasteiger partial charge is 0.245 e. The standard InChI is InChI=1S/C11H8ClNS/c12-10-4-1-9(2-5-10)3-6-11-13-7-8-14-11/h1-8H. The van der Waals surface area contributed by atoms with Crippen molar-refractivity contribution in [2.45, 2.75) is 0 Å². The van der Waals surface area contributed by atoms with Gasteiger partial charge in [-0.3, -0.25) is 0 Å². The van der Waals surface area contributed by atoms with Gasteiger partial charge in [-0.25, -0.2) is 4.98 Å². The zero-order valence-electron chi connectivity index (χ0n) is 7.35. The number of nitrogens with zero attached hydrogens (tertiary/aromatic N) is 1. The summed E-state index contributed by atoms with van der Waals surface area (Å²) in [7, 11) is 0. The molecular weight excluding hydrogens is 214 g/mol. The Morgan fingerprint density at radius 2 is 1.93 bits per heavy atom. The van der Waals surface area contributed by atoms with Gasteiger partial charge in [0.2, 0.25) is 0 Å². The highest BCUT2D eigenvalue weighted by atomic mass is 35.5. The maximum atomic E-state index is 5.78. The van der Waals surface area contributed by atoms with Crippen LogP contribution in [0, 0.1) is 0 Å². The van der Waals surface area contributed by atoms with Crippen LogP contribution in [-0.2, 0) is 0 Å². The number of hydrogen-bond donors (Lipinski definition) is 0. The predicted molar refractivity (Wildman–Crippen MR) is 62.5 cm³/mol. The maximum absolute atomic E-state index is 5.78. The maximum Gasteiger partial charge on any atom is 0.116 e. The third-order valence-corrected chi connectivity index (χ3v) is 2.73. The molecule has 1 aromatic carbocycles. The van der Waals surface area contributed by atoms with E-state index in [9.17, 15) is 0 Å². The second-order valence-electron chi connectivity index (χ2n) is 2.76. The van der Waals surface area contributed by atoms with Crippen LogP contribution < -0.4 is 0 Å². The third-order valence-electron chi connectivity index (χ3n) is 1.74. The van der Waals surface area contributed by atoms with Gasteiger partial charge in [0.05, 0.1) is 0 Å². The fraction of sp³-hybridized carbons (Fsp3) is 0. The molecule has 0 N–H and O–H groups in total. The normalized spacial score (nSPS) is 10.9. The van der Waals surface area contributed by atoms with E-state index in [1.807, 2.05) is 41.8 Å². The molecule has 0 aliphatic heterocycles. The predicted octanol–water partition coefficient (Wildman–Crippen LogP) is 3.97. The lowest BCUT2D eigenvalue weighted by Gasteiger charge is -1.92. The Labute approximate surface area is 91.7 Å². The molecule has 0 spiro atoms. The molecule has 0 bridgehead atoms. The van der Waals surface area contributed by atoms with Gasteiger partial charge in [-0.1, -0.05) is 29.8 Å². The summed E-state index contributed by atoms with van der Waals surface area (Å²) in [4.78, 5) is 4.15. The highest BCUT2D eigenvalue weighted by molar-refractivity contribution is 7.10. The quantitative estimate of drug-likeness (QED) is 0.748. The molecule has 1 heterocycles. The molecule has 1 nitrogen and oxygen atoms in total. The van der Waals surface area contributed by atoms with Crippen molar-refractivity contribution in [3.05, 3.63) is 51.4 Å². The van der Waals surface area contributed by atoms with Gasteiger partial charge in [-0.2, -0.15) is 0 Å². The van der Waals surface area contributed by atoms with Gasteiger partial charge in [-0.05, 0) is 23.8 Å². The summed E-state index contributed by atoms with van der Waals surface area (Å²) in [6, 6.07) is 7.71. The number of benzene rings is 1. The SMILES string of the molecule is Clc1ccc(C=Cc2nccs2)cc1. The summed E-state index contributed by atoms with van der Waals surface area (Å²) >= 11 is 7.40. The van der Waals surface area contributed by atoms with E-state index in [1.165, 1.54) is 0 Å². The molecule has 2 aromatic rings. The van der Waals surface area contributed by atoms with Gasteiger partial charge in [0.25, 0.3) is 0 Å². The summed E-state index contributed by atoms with van der Waals surface area (Å²) < 4.78 is 0. The number of halogens is 1. The molecule has 0 fully saturated rings. The lowest BCUT2D eigenvalue weighted by Crippen LogP contribution is -1.70. The number of aromatic nitrogens is 1. The first-order valence-electron chi connectivity index (χ1n) is 4.18. The number of rotatable bonds is 2. The monoisotopic (exact) mass is 221 g/mol. The van der Waals surface area contributed by atoms with E-state index in [2.05, 4.69) is 4.98 Å². The highest BCUT2D eigenvalue weighted by Crippen LogP contribution is 2.13. The zero-order valence-corrected chi connectivity index (χ0v) is 8.92. The Morgan fingerprint density at radius 1 is 1.14 bits per heavy atom. The molecule has 70 valence electrons. The van der Waals surface area contributed by atoms with Crippen LogP contribution in [0.4, 0.5) is 0 Å². The van der Waals surface area contributed by atoms with Crippen molar-refractivity contribution in [3.8, 4) is 0 Å². The van der Waals surface area contributed by atoms with Crippen LogP contribution >= 0.6 is 22.9 Å². The highest BCUT2D eigenvalue weighted by Gasteiger charge is 1.89. The molecule has 0 aliphatic carbocycles. The van der Waals surface area contributed by atoms with Gasteiger partial charge < -0.3 is 0 Å². The van der Waals surface area contributed by atoms with Crippen LogP contribution in [0.3, 0.4) is 0 Å². The third kappa shape index (κ3) is 2.44. The smallest absolute Gasteiger partial charge is 0.116 e. The molecule has 0 radical (unpaired) electrons. The summed E-state index contributed by atoms with van der Waals surface area (Å²) in [5.41, 5.74) is 1.13.